The molecule has 1 aromatic rings. The van der Waals surface area contributed by atoms with Gasteiger partial charge in [-0.3, -0.25) is 10.9 Å². The van der Waals surface area contributed by atoms with Gasteiger partial charge in [-0.2, -0.15) is 5.11 Å². The van der Waals surface area contributed by atoms with Crippen molar-refractivity contribution in [2.24, 2.45) is 22.2 Å². The number of nitrogens with zero attached hydrogens (tertiary/aromatic N) is 3. The van der Waals surface area contributed by atoms with Crippen molar-refractivity contribution in [3.8, 4) is 0 Å². The van der Waals surface area contributed by atoms with E-state index in [0.717, 1.165) is 10.7 Å². The van der Waals surface area contributed by atoms with E-state index in [9.17, 15) is 0 Å². The molecule has 0 spiro atoms. The van der Waals surface area contributed by atoms with Gasteiger partial charge in [0.05, 0.1) is 11.7 Å². The highest BCUT2D eigenvalue weighted by molar-refractivity contribution is 6.30. The first kappa shape index (κ1) is 10.6. The maximum Gasteiger partial charge on any atom is 0.100 e. The molecule has 2 bridgehead atoms. The molecule has 98 valence electrons. The van der Waals surface area contributed by atoms with Crippen LogP contribution in [0.25, 0.3) is 0 Å². The van der Waals surface area contributed by atoms with Gasteiger partial charge >= 0.3 is 0 Å². The smallest absolute Gasteiger partial charge is 0.100 e. The molecular weight excluding hydrogens is 262 g/mol. The Kier molecular flexibility index (Phi) is 1.94. The normalized spacial score (nSPS) is 45.2. The average molecular weight is 276 g/mol. The molecule has 2 N–H and O–H groups in total. The predicted octanol–water partition coefficient (Wildman–Crippen LogP) is 1.76. The van der Waals surface area contributed by atoms with E-state index in [1.807, 2.05) is 24.3 Å². The molecule has 0 radical (unpaired) electrons. The zero-order valence-corrected chi connectivity index (χ0v) is 11.0. The standard InChI is InChI=1S/C13H14ClN5/c14-6-1-3-7(4-2-6)19-13-9-5-8(12(13)17-18-19)10-11(9)16-15-10/h1-4,8-13,15-16H,5H2/t8-,9+,10+,11-,12-,13+/m0/s1. The quantitative estimate of drug-likeness (QED) is 0.821. The minimum Gasteiger partial charge on any atom is -0.252 e. The van der Waals surface area contributed by atoms with Crippen LogP contribution in [0.3, 0.4) is 0 Å². The largest absolute Gasteiger partial charge is 0.252 e. The number of anilines is 1. The van der Waals surface area contributed by atoms with Crippen molar-refractivity contribution < 1.29 is 0 Å². The van der Waals surface area contributed by atoms with Crippen molar-refractivity contribution in [2.45, 2.75) is 30.6 Å². The molecule has 2 heterocycles. The van der Waals surface area contributed by atoms with Crippen LogP contribution in [0.5, 0.6) is 0 Å². The summed E-state index contributed by atoms with van der Waals surface area (Å²) in [6.07, 6.45) is 1.26. The number of hydrazine groups is 1. The third kappa shape index (κ3) is 1.23. The summed E-state index contributed by atoms with van der Waals surface area (Å²) in [6.45, 7) is 0. The number of hydrogen-bond donors (Lipinski definition) is 2. The molecule has 19 heavy (non-hydrogen) atoms. The Hall–Kier alpha value is -1.17. The maximum absolute atomic E-state index is 5.95. The van der Waals surface area contributed by atoms with Gasteiger partial charge in [-0.05, 0) is 30.7 Å². The molecule has 2 aliphatic carbocycles. The van der Waals surface area contributed by atoms with Crippen molar-refractivity contribution in [3.63, 3.8) is 0 Å². The van der Waals surface area contributed by atoms with Crippen molar-refractivity contribution in [1.82, 2.24) is 10.9 Å². The molecule has 5 rings (SSSR count). The van der Waals surface area contributed by atoms with Gasteiger partial charge in [0.1, 0.15) is 6.04 Å². The second kappa shape index (κ2) is 3.48. The Morgan fingerprint density at radius 2 is 1.84 bits per heavy atom. The van der Waals surface area contributed by atoms with Gasteiger partial charge < -0.3 is 0 Å². The van der Waals surface area contributed by atoms with Crippen molar-refractivity contribution >= 4 is 17.3 Å². The van der Waals surface area contributed by atoms with Gasteiger partial charge in [0.25, 0.3) is 0 Å². The monoisotopic (exact) mass is 275 g/mol. The summed E-state index contributed by atoms with van der Waals surface area (Å²) >= 11 is 5.95. The van der Waals surface area contributed by atoms with Crippen LogP contribution < -0.4 is 15.9 Å². The molecule has 4 aliphatic rings. The van der Waals surface area contributed by atoms with Gasteiger partial charge in [-0.25, -0.2) is 5.01 Å². The van der Waals surface area contributed by atoms with Crippen LogP contribution >= 0.6 is 11.6 Å². The first-order valence-electron chi connectivity index (χ1n) is 6.79. The van der Waals surface area contributed by atoms with E-state index in [4.69, 9.17) is 11.6 Å². The summed E-state index contributed by atoms with van der Waals surface area (Å²) in [5, 5.41) is 11.8. The van der Waals surface area contributed by atoms with Crippen LogP contribution in [-0.2, 0) is 0 Å². The molecule has 3 fully saturated rings. The summed E-state index contributed by atoms with van der Waals surface area (Å²) < 4.78 is 0. The lowest BCUT2D eigenvalue weighted by molar-refractivity contribution is 0.114. The summed E-state index contributed by atoms with van der Waals surface area (Å²) in [5.41, 5.74) is 7.77. The second-order valence-electron chi connectivity index (χ2n) is 5.91. The van der Waals surface area contributed by atoms with Crippen LogP contribution in [0.2, 0.25) is 5.02 Å². The zero-order chi connectivity index (χ0) is 12.6. The lowest BCUT2D eigenvalue weighted by Crippen LogP contribution is -2.73. The van der Waals surface area contributed by atoms with Crippen molar-refractivity contribution in [3.05, 3.63) is 29.3 Å². The van der Waals surface area contributed by atoms with E-state index in [0.29, 0.717) is 36.0 Å². The molecule has 1 aromatic carbocycles. The van der Waals surface area contributed by atoms with Crippen LogP contribution in [0.1, 0.15) is 6.42 Å². The third-order valence-electron chi connectivity index (χ3n) is 5.15. The predicted molar refractivity (Wildman–Crippen MR) is 71.8 cm³/mol. The fourth-order valence-electron chi connectivity index (χ4n) is 4.31. The fraction of sp³-hybridized carbons (Fsp3) is 0.538. The molecule has 0 amide bonds. The summed E-state index contributed by atoms with van der Waals surface area (Å²) in [4.78, 5) is 0. The molecule has 0 aromatic heterocycles. The summed E-state index contributed by atoms with van der Waals surface area (Å²) in [7, 11) is 0. The van der Waals surface area contributed by atoms with E-state index in [1.54, 1.807) is 0 Å². The Morgan fingerprint density at radius 3 is 2.58 bits per heavy atom. The number of benzene rings is 1. The fourth-order valence-corrected chi connectivity index (χ4v) is 4.44. The van der Waals surface area contributed by atoms with Gasteiger partial charge in [0, 0.05) is 28.9 Å². The summed E-state index contributed by atoms with van der Waals surface area (Å²) in [6, 6.07) is 9.87. The van der Waals surface area contributed by atoms with Crippen LogP contribution in [-0.4, -0.2) is 24.2 Å². The second-order valence-corrected chi connectivity index (χ2v) is 6.35. The van der Waals surface area contributed by atoms with E-state index in [2.05, 4.69) is 26.2 Å². The highest BCUT2D eigenvalue weighted by Gasteiger charge is 2.65. The Morgan fingerprint density at radius 1 is 1.11 bits per heavy atom. The van der Waals surface area contributed by atoms with Crippen LogP contribution in [0.4, 0.5) is 5.69 Å². The topological polar surface area (TPSA) is 52.0 Å². The number of hydrogen-bond acceptors (Lipinski definition) is 5. The van der Waals surface area contributed by atoms with Crippen LogP contribution in [0, 0.1) is 11.8 Å². The Labute approximate surface area is 116 Å². The third-order valence-corrected chi connectivity index (χ3v) is 5.40. The number of halogens is 1. The molecule has 0 unspecified atom stereocenters. The highest BCUT2D eigenvalue weighted by Crippen LogP contribution is 2.53. The highest BCUT2D eigenvalue weighted by atomic mass is 35.5. The van der Waals surface area contributed by atoms with Gasteiger partial charge in [-0.15, -0.1) is 0 Å². The molecular formula is C13H14ClN5. The van der Waals surface area contributed by atoms with Crippen LogP contribution in [0.15, 0.2) is 34.6 Å². The summed E-state index contributed by atoms with van der Waals surface area (Å²) in [5.74, 6) is 1.29. The van der Waals surface area contributed by atoms with Gasteiger partial charge in [-0.1, -0.05) is 16.8 Å². The first-order valence-corrected chi connectivity index (χ1v) is 7.17. The SMILES string of the molecule is Clc1ccc(N2N=N[C@H]3[C@H]4C[C@H]([C@@H]5NN[C@H]45)[C@H]32)cc1. The molecule has 5 nitrogen and oxygen atoms in total. The molecule has 2 aliphatic heterocycles. The first-order chi connectivity index (χ1) is 9.33. The van der Waals surface area contributed by atoms with Gasteiger partial charge in [0.15, 0.2) is 0 Å². The molecule has 6 atom stereocenters. The minimum absolute atomic E-state index is 0.358. The zero-order valence-electron chi connectivity index (χ0n) is 10.2. The van der Waals surface area contributed by atoms with E-state index < -0.39 is 0 Å². The number of rotatable bonds is 1. The maximum atomic E-state index is 5.95. The van der Waals surface area contributed by atoms with E-state index in [-0.39, 0.29) is 0 Å². The Balaban J connectivity index is 1.51. The van der Waals surface area contributed by atoms with E-state index >= 15 is 0 Å². The molecule has 1 saturated heterocycles. The Bertz CT molecular complexity index is 559. The lowest BCUT2D eigenvalue weighted by Gasteiger charge is -2.46. The lowest BCUT2D eigenvalue weighted by atomic mass is 9.81. The number of fused-ring (bicyclic) bond motifs is 8. The van der Waals surface area contributed by atoms with Crippen molar-refractivity contribution in [1.29, 1.82) is 0 Å². The van der Waals surface area contributed by atoms with Crippen molar-refractivity contribution in [2.75, 3.05) is 5.01 Å². The van der Waals surface area contributed by atoms with E-state index in [1.165, 1.54) is 6.42 Å². The van der Waals surface area contributed by atoms with Gasteiger partial charge in [0.2, 0.25) is 0 Å². The average Bonchev–Trinajstić information content (AvgIpc) is 2.98. The minimum atomic E-state index is 0.358. The molecule has 2 saturated carbocycles. The number of nitrogens with one attached hydrogen (secondary N) is 2. The molecule has 6 heteroatoms.